The smallest absolute Gasteiger partial charge is 0.332 e. The average molecular weight is 295 g/mol. The van der Waals surface area contributed by atoms with E-state index in [0.717, 1.165) is 18.4 Å². The minimum atomic E-state index is -2.06. The Morgan fingerprint density at radius 2 is 2.05 bits per heavy atom. The van der Waals surface area contributed by atoms with Crippen LogP contribution >= 0.6 is 0 Å². The van der Waals surface area contributed by atoms with E-state index in [0.29, 0.717) is 12.7 Å². The lowest BCUT2D eigenvalue weighted by Gasteiger charge is -2.28. The lowest BCUT2D eigenvalue weighted by atomic mass is 10.1. The van der Waals surface area contributed by atoms with Gasteiger partial charge in [-0.3, -0.25) is 4.98 Å². The van der Waals surface area contributed by atoms with Crippen LogP contribution in [0, 0.1) is 0 Å². The molecule has 1 rings (SSSR count). The van der Waals surface area contributed by atoms with Crippen LogP contribution < -0.4 is 0 Å². The topological polar surface area (TPSA) is 31.4 Å². The molecule has 0 aliphatic rings. The summed E-state index contributed by atoms with van der Waals surface area (Å²) >= 11 is 0. The number of rotatable bonds is 10. The highest BCUT2D eigenvalue weighted by Gasteiger charge is 2.28. The summed E-state index contributed by atoms with van der Waals surface area (Å²) in [6.07, 6.45) is 9.99. The first-order valence-electron chi connectivity index (χ1n) is 7.78. The van der Waals surface area contributed by atoms with Gasteiger partial charge >= 0.3 is 8.56 Å². The first-order valence-corrected chi connectivity index (χ1v) is 10.6. The van der Waals surface area contributed by atoms with Crippen molar-refractivity contribution in [3.63, 3.8) is 0 Å². The van der Waals surface area contributed by atoms with E-state index >= 15 is 0 Å². The fraction of sp³-hybridized carbons (Fsp3) is 0.688. The van der Waals surface area contributed by atoms with Gasteiger partial charge in [-0.1, -0.05) is 39.2 Å². The molecule has 1 atom stereocenters. The maximum atomic E-state index is 6.25. The molecule has 0 bridgehead atoms. The summed E-state index contributed by atoms with van der Waals surface area (Å²) in [6, 6.07) is 3.98. The van der Waals surface area contributed by atoms with Gasteiger partial charge in [-0.25, -0.2) is 0 Å². The highest BCUT2D eigenvalue weighted by molar-refractivity contribution is 6.64. The van der Waals surface area contributed by atoms with Crippen LogP contribution in [0.4, 0.5) is 0 Å². The van der Waals surface area contributed by atoms with Crippen LogP contribution in [0.1, 0.15) is 51.5 Å². The van der Waals surface area contributed by atoms with Crippen LogP contribution in [0.15, 0.2) is 24.5 Å². The second kappa shape index (κ2) is 9.26. The molecule has 3 nitrogen and oxygen atoms in total. The monoisotopic (exact) mass is 295 g/mol. The minimum absolute atomic E-state index is 0.345. The summed E-state index contributed by atoms with van der Waals surface area (Å²) in [6.45, 7) is 9.29. The van der Waals surface area contributed by atoms with Crippen LogP contribution in [0.5, 0.6) is 0 Å². The Hall–Kier alpha value is -0.713. The molecule has 0 spiro atoms. The van der Waals surface area contributed by atoms with Gasteiger partial charge in [0.15, 0.2) is 0 Å². The molecule has 4 heteroatoms. The van der Waals surface area contributed by atoms with Crippen LogP contribution in [0.3, 0.4) is 0 Å². The van der Waals surface area contributed by atoms with E-state index in [2.05, 4.69) is 31.9 Å². The lowest BCUT2D eigenvalue weighted by molar-refractivity contribution is 0.105. The largest absolute Gasteiger partial charge is 0.391 e. The zero-order valence-electron chi connectivity index (χ0n) is 13.4. The van der Waals surface area contributed by atoms with Crippen molar-refractivity contribution < 1.29 is 8.85 Å². The van der Waals surface area contributed by atoms with Crippen molar-refractivity contribution >= 4 is 8.56 Å². The molecule has 0 amide bonds. The summed E-state index contributed by atoms with van der Waals surface area (Å²) < 4.78 is 12.3. The van der Waals surface area contributed by atoms with E-state index in [-0.39, 0.29) is 0 Å². The third-order valence-electron chi connectivity index (χ3n) is 3.34. The van der Waals surface area contributed by atoms with Gasteiger partial charge in [0.1, 0.15) is 0 Å². The fourth-order valence-electron chi connectivity index (χ4n) is 2.14. The highest BCUT2D eigenvalue weighted by Crippen LogP contribution is 2.18. The first-order chi connectivity index (χ1) is 9.57. The Labute approximate surface area is 125 Å². The predicted molar refractivity (Wildman–Crippen MR) is 85.8 cm³/mol. The SMILES string of the molecule is CCCCCC(CC)O[Si](C)(C)OCc1cccnc1. The number of pyridine rings is 1. The summed E-state index contributed by atoms with van der Waals surface area (Å²) in [5, 5.41) is 0. The molecule has 1 aromatic heterocycles. The molecule has 0 fully saturated rings. The molecule has 114 valence electrons. The van der Waals surface area contributed by atoms with E-state index < -0.39 is 8.56 Å². The molecule has 0 aliphatic heterocycles. The van der Waals surface area contributed by atoms with E-state index in [1.165, 1.54) is 19.3 Å². The summed E-state index contributed by atoms with van der Waals surface area (Å²) in [5.41, 5.74) is 1.11. The van der Waals surface area contributed by atoms with E-state index in [1.54, 1.807) is 6.20 Å². The molecular weight excluding hydrogens is 266 g/mol. The van der Waals surface area contributed by atoms with E-state index in [4.69, 9.17) is 8.85 Å². The maximum absolute atomic E-state index is 6.25. The van der Waals surface area contributed by atoms with Gasteiger partial charge in [0.25, 0.3) is 0 Å². The predicted octanol–water partition coefficient (Wildman–Crippen LogP) is 4.68. The van der Waals surface area contributed by atoms with Crippen LogP contribution in [-0.4, -0.2) is 19.6 Å². The Bertz CT molecular complexity index is 357. The van der Waals surface area contributed by atoms with Gasteiger partial charge in [0.2, 0.25) is 0 Å². The molecule has 0 radical (unpaired) electrons. The van der Waals surface area contributed by atoms with Crippen molar-refractivity contribution in [2.45, 2.75) is 71.8 Å². The van der Waals surface area contributed by atoms with Gasteiger partial charge in [-0.15, -0.1) is 0 Å². The van der Waals surface area contributed by atoms with E-state index in [1.807, 2.05) is 18.3 Å². The number of hydrogen-bond donors (Lipinski definition) is 0. The van der Waals surface area contributed by atoms with Crippen LogP contribution in [-0.2, 0) is 15.5 Å². The minimum Gasteiger partial charge on any atom is -0.391 e. The van der Waals surface area contributed by atoms with Crippen LogP contribution in [0.2, 0.25) is 13.1 Å². The molecule has 20 heavy (non-hydrogen) atoms. The molecule has 0 saturated carbocycles. The van der Waals surface area contributed by atoms with Crippen molar-refractivity contribution in [2.24, 2.45) is 0 Å². The van der Waals surface area contributed by atoms with Crippen molar-refractivity contribution in [2.75, 3.05) is 0 Å². The summed E-state index contributed by atoms with van der Waals surface area (Å²) in [5.74, 6) is 0. The normalized spacial score (nSPS) is 13.4. The number of nitrogens with zero attached hydrogens (tertiary/aromatic N) is 1. The Kier molecular flexibility index (Phi) is 8.03. The molecule has 1 unspecified atom stereocenters. The van der Waals surface area contributed by atoms with Crippen molar-refractivity contribution in [3.05, 3.63) is 30.1 Å². The summed E-state index contributed by atoms with van der Waals surface area (Å²) in [4.78, 5) is 4.11. The molecule has 0 aliphatic carbocycles. The zero-order chi connectivity index (χ0) is 14.8. The maximum Gasteiger partial charge on any atom is 0.332 e. The molecular formula is C16H29NO2Si. The third-order valence-corrected chi connectivity index (χ3v) is 5.09. The van der Waals surface area contributed by atoms with Crippen molar-refractivity contribution in [1.82, 2.24) is 4.98 Å². The molecule has 0 aromatic carbocycles. The Morgan fingerprint density at radius 3 is 2.65 bits per heavy atom. The highest BCUT2D eigenvalue weighted by atomic mass is 28.4. The second-order valence-electron chi connectivity index (χ2n) is 5.69. The van der Waals surface area contributed by atoms with Crippen molar-refractivity contribution in [1.29, 1.82) is 0 Å². The quantitative estimate of drug-likeness (QED) is 0.464. The van der Waals surface area contributed by atoms with E-state index in [9.17, 15) is 0 Å². The molecule has 0 N–H and O–H groups in total. The Balaban J connectivity index is 2.38. The van der Waals surface area contributed by atoms with Gasteiger partial charge in [0, 0.05) is 18.5 Å². The number of hydrogen-bond acceptors (Lipinski definition) is 3. The molecule has 1 heterocycles. The second-order valence-corrected chi connectivity index (χ2v) is 9.02. The number of aromatic nitrogens is 1. The summed E-state index contributed by atoms with van der Waals surface area (Å²) in [7, 11) is -2.06. The van der Waals surface area contributed by atoms with Gasteiger partial charge in [-0.05, 0) is 37.6 Å². The van der Waals surface area contributed by atoms with Gasteiger partial charge in [-0.2, -0.15) is 0 Å². The fourth-order valence-corrected chi connectivity index (χ4v) is 3.81. The lowest BCUT2D eigenvalue weighted by Crippen LogP contribution is -2.38. The third kappa shape index (κ3) is 7.17. The van der Waals surface area contributed by atoms with Crippen LogP contribution in [0.25, 0.3) is 0 Å². The zero-order valence-corrected chi connectivity index (χ0v) is 14.4. The standard InChI is InChI=1S/C16H29NO2Si/c1-5-7-8-11-16(6-2)19-20(3,4)18-14-15-10-9-12-17-13-15/h9-10,12-13,16H,5-8,11,14H2,1-4H3. The average Bonchev–Trinajstić information content (AvgIpc) is 2.45. The Morgan fingerprint density at radius 1 is 1.25 bits per heavy atom. The van der Waals surface area contributed by atoms with Gasteiger partial charge < -0.3 is 8.85 Å². The molecule has 0 saturated heterocycles. The first kappa shape index (κ1) is 17.3. The van der Waals surface area contributed by atoms with Crippen molar-refractivity contribution in [3.8, 4) is 0 Å². The molecule has 1 aromatic rings. The van der Waals surface area contributed by atoms with Gasteiger partial charge in [0.05, 0.1) is 6.61 Å². The number of unbranched alkanes of at least 4 members (excludes halogenated alkanes) is 2.